The predicted molar refractivity (Wildman–Crippen MR) is 124 cm³/mol. The molecule has 0 bridgehead atoms. The standard InChI is InChI=1S/C22H17Br2N3O5/c1-3-31-18-11-13(10-17(24)19(18)32-7-6-25)9-15-20(28)26-22(30)27(21(15)29)14-4-5-16(23)12(2)8-14/h4-5,8-11H,3,7H2,1-2H3,(H,26,28,30)/b15-9+. The van der Waals surface area contributed by atoms with Crippen molar-refractivity contribution in [2.45, 2.75) is 13.8 Å². The van der Waals surface area contributed by atoms with Crippen LogP contribution in [0, 0.1) is 18.3 Å². The van der Waals surface area contributed by atoms with Crippen molar-refractivity contribution in [1.82, 2.24) is 5.32 Å². The van der Waals surface area contributed by atoms with Crippen LogP contribution in [0.15, 0.2) is 44.9 Å². The summed E-state index contributed by atoms with van der Waals surface area (Å²) in [6.45, 7) is 3.77. The zero-order valence-corrected chi connectivity index (χ0v) is 20.2. The number of imide groups is 2. The lowest BCUT2D eigenvalue weighted by atomic mass is 10.1. The number of carbonyl (C=O) groups is 3. The van der Waals surface area contributed by atoms with Gasteiger partial charge in [0.1, 0.15) is 11.6 Å². The van der Waals surface area contributed by atoms with Gasteiger partial charge in [0.2, 0.25) is 0 Å². The third kappa shape index (κ3) is 4.84. The lowest BCUT2D eigenvalue weighted by Crippen LogP contribution is -2.54. The molecule has 0 radical (unpaired) electrons. The molecular formula is C22H17Br2N3O5. The van der Waals surface area contributed by atoms with E-state index in [9.17, 15) is 14.4 Å². The zero-order valence-electron chi connectivity index (χ0n) is 17.1. The van der Waals surface area contributed by atoms with Crippen LogP contribution in [0.1, 0.15) is 18.1 Å². The molecule has 0 saturated carbocycles. The smallest absolute Gasteiger partial charge is 0.335 e. The highest BCUT2D eigenvalue weighted by Crippen LogP contribution is 2.38. The van der Waals surface area contributed by atoms with E-state index in [1.54, 1.807) is 37.3 Å². The average Bonchev–Trinajstić information content (AvgIpc) is 2.73. The fourth-order valence-corrected chi connectivity index (χ4v) is 3.83. The van der Waals surface area contributed by atoms with Gasteiger partial charge in [-0.1, -0.05) is 15.9 Å². The van der Waals surface area contributed by atoms with Crippen LogP contribution in [0.3, 0.4) is 0 Å². The number of benzene rings is 2. The Bertz CT molecular complexity index is 1190. The summed E-state index contributed by atoms with van der Waals surface area (Å²) in [6.07, 6.45) is 1.37. The average molecular weight is 563 g/mol. The summed E-state index contributed by atoms with van der Waals surface area (Å²) in [7, 11) is 0. The highest BCUT2D eigenvalue weighted by molar-refractivity contribution is 9.10. The Kier molecular flexibility index (Phi) is 7.33. The summed E-state index contributed by atoms with van der Waals surface area (Å²) in [6, 6.07) is 9.25. The minimum Gasteiger partial charge on any atom is -0.490 e. The monoisotopic (exact) mass is 561 g/mol. The van der Waals surface area contributed by atoms with Gasteiger partial charge in [0, 0.05) is 4.47 Å². The van der Waals surface area contributed by atoms with Crippen molar-refractivity contribution in [2.24, 2.45) is 0 Å². The van der Waals surface area contributed by atoms with Gasteiger partial charge in [0.25, 0.3) is 11.8 Å². The number of amides is 4. The Morgan fingerprint density at radius 2 is 1.88 bits per heavy atom. The molecule has 1 saturated heterocycles. The van der Waals surface area contributed by atoms with Gasteiger partial charge in [-0.2, -0.15) is 5.26 Å². The minimum absolute atomic E-state index is 0.177. The number of nitriles is 1. The van der Waals surface area contributed by atoms with Crippen LogP contribution in [0.25, 0.3) is 6.08 Å². The summed E-state index contributed by atoms with van der Waals surface area (Å²) in [4.78, 5) is 38.9. The van der Waals surface area contributed by atoms with E-state index in [0.29, 0.717) is 33.8 Å². The van der Waals surface area contributed by atoms with E-state index in [1.165, 1.54) is 6.08 Å². The van der Waals surface area contributed by atoms with Crippen molar-refractivity contribution >= 4 is 61.5 Å². The Balaban J connectivity index is 2.03. The second-order valence-electron chi connectivity index (χ2n) is 6.60. The second-order valence-corrected chi connectivity index (χ2v) is 8.31. The third-order valence-corrected chi connectivity index (χ3v) is 5.90. The first-order valence-electron chi connectivity index (χ1n) is 9.40. The topological polar surface area (TPSA) is 109 Å². The Morgan fingerprint density at radius 1 is 1.12 bits per heavy atom. The van der Waals surface area contributed by atoms with Crippen molar-refractivity contribution in [1.29, 1.82) is 5.26 Å². The fourth-order valence-electron chi connectivity index (χ4n) is 3.01. The van der Waals surface area contributed by atoms with Crippen LogP contribution in [0.5, 0.6) is 11.5 Å². The molecule has 10 heteroatoms. The number of hydrogen-bond donors (Lipinski definition) is 1. The first-order valence-corrected chi connectivity index (χ1v) is 11.0. The SMILES string of the molecule is CCOc1cc(/C=C2\C(=O)NC(=O)N(c3ccc(Br)c(C)c3)C2=O)cc(Br)c1OCC#N. The predicted octanol–water partition coefficient (Wildman–Crippen LogP) is 4.49. The van der Waals surface area contributed by atoms with Crippen molar-refractivity contribution in [3.8, 4) is 17.6 Å². The molecule has 1 N–H and O–H groups in total. The Morgan fingerprint density at radius 3 is 2.53 bits per heavy atom. The van der Waals surface area contributed by atoms with Gasteiger partial charge < -0.3 is 9.47 Å². The van der Waals surface area contributed by atoms with Crippen LogP contribution in [-0.2, 0) is 9.59 Å². The van der Waals surface area contributed by atoms with Gasteiger partial charge in [0.05, 0.1) is 16.8 Å². The molecular weight excluding hydrogens is 546 g/mol. The van der Waals surface area contributed by atoms with E-state index >= 15 is 0 Å². The number of anilines is 1. The molecule has 8 nitrogen and oxygen atoms in total. The first kappa shape index (κ1) is 23.5. The Hall–Kier alpha value is -3.16. The summed E-state index contributed by atoms with van der Waals surface area (Å²) in [5.74, 6) is -0.885. The third-order valence-electron chi connectivity index (χ3n) is 4.43. The van der Waals surface area contributed by atoms with E-state index in [4.69, 9.17) is 14.7 Å². The molecule has 1 aliphatic heterocycles. The van der Waals surface area contributed by atoms with E-state index < -0.39 is 17.8 Å². The molecule has 0 spiro atoms. The van der Waals surface area contributed by atoms with Gasteiger partial charge in [-0.05, 0) is 77.3 Å². The molecule has 1 fully saturated rings. The molecule has 1 aliphatic rings. The molecule has 0 unspecified atom stereocenters. The maximum atomic E-state index is 13.1. The molecule has 4 amide bonds. The summed E-state index contributed by atoms with van der Waals surface area (Å²) < 4.78 is 12.3. The largest absolute Gasteiger partial charge is 0.490 e. The van der Waals surface area contributed by atoms with Crippen LogP contribution in [0.4, 0.5) is 10.5 Å². The number of ether oxygens (including phenoxy) is 2. The summed E-state index contributed by atoms with van der Waals surface area (Å²) in [5.41, 5.74) is 1.40. The van der Waals surface area contributed by atoms with Crippen molar-refractivity contribution < 1.29 is 23.9 Å². The second kappa shape index (κ2) is 9.97. The van der Waals surface area contributed by atoms with Gasteiger partial charge in [-0.3, -0.25) is 14.9 Å². The van der Waals surface area contributed by atoms with E-state index in [2.05, 4.69) is 37.2 Å². The highest BCUT2D eigenvalue weighted by atomic mass is 79.9. The summed E-state index contributed by atoms with van der Waals surface area (Å²) in [5, 5.41) is 11.0. The van der Waals surface area contributed by atoms with Crippen LogP contribution >= 0.6 is 31.9 Å². The quantitative estimate of drug-likeness (QED) is 0.410. The lowest BCUT2D eigenvalue weighted by Gasteiger charge is -2.26. The van der Waals surface area contributed by atoms with E-state index in [1.807, 2.05) is 13.0 Å². The molecule has 2 aromatic rings. The molecule has 0 aliphatic carbocycles. The normalized spacial score (nSPS) is 14.9. The number of nitrogens with one attached hydrogen (secondary N) is 1. The van der Waals surface area contributed by atoms with Gasteiger partial charge >= 0.3 is 6.03 Å². The zero-order chi connectivity index (χ0) is 23.4. The Labute approximate surface area is 201 Å². The summed E-state index contributed by atoms with van der Waals surface area (Å²) >= 11 is 6.75. The van der Waals surface area contributed by atoms with E-state index in [0.717, 1.165) is 14.9 Å². The van der Waals surface area contributed by atoms with Crippen LogP contribution in [-0.4, -0.2) is 31.1 Å². The number of carbonyl (C=O) groups excluding carboxylic acids is 3. The number of aryl methyl sites for hydroxylation is 1. The number of rotatable bonds is 6. The van der Waals surface area contributed by atoms with Gasteiger partial charge in [0.15, 0.2) is 18.1 Å². The van der Waals surface area contributed by atoms with Gasteiger partial charge in [-0.15, -0.1) is 0 Å². The number of nitrogens with zero attached hydrogens (tertiary/aromatic N) is 2. The molecule has 164 valence electrons. The first-order chi connectivity index (χ1) is 15.3. The van der Waals surface area contributed by atoms with E-state index in [-0.39, 0.29) is 12.2 Å². The molecule has 0 aromatic heterocycles. The number of hydrogen-bond acceptors (Lipinski definition) is 6. The lowest BCUT2D eigenvalue weighted by molar-refractivity contribution is -0.122. The highest BCUT2D eigenvalue weighted by Gasteiger charge is 2.37. The molecule has 3 rings (SSSR count). The molecule has 0 atom stereocenters. The molecule has 2 aromatic carbocycles. The molecule has 32 heavy (non-hydrogen) atoms. The fraction of sp³-hybridized carbons (Fsp3) is 0.182. The van der Waals surface area contributed by atoms with Crippen LogP contribution < -0.4 is 19.7 Å². The van der Waals surface area contributed by atoms with Crippen molar-refractivity contribution in [2.75, 3.05) is 18.1 Å². The number of barbiturate groups is 1. The maximum Gasteiger partial charge on any atom is 0.335 e. The van der Waals surface area contributed by atoms with Crippen LogP contribution in [0.2, 0.25) is 0 Å². The number of urea groups is 1. The minimum atomic E-state index is -0.824. The van der Waals surface area contributed by atoms with Crippen molar-refractivity contribution in [3.63, 3.8) is 0 Å². The van der Waals surface area contributed by atoms with Gasteiger partial charge in [-0.25, -0.2) is 9.69 Å². The molecule has 1 heterocycles. The maximum absolute atomic E-state index is 13.1. The van der Waals surface area contributed by atoms with Crippen molar-refractivity contribution in [3.05, 3.63) is 56.0 Å². The number of halogens is 2.